The normalized spacial score (nSPS) is 15.1. The lowest BCUT2D eigenvalue weighted by Crippen LogP contribution is -2.30. The summed E-state index contributed by atoms with van der Waals surface area (Å²) in [5, 5.41) is 13.6. The molecule has 5 nitrogen and oxygen atoms in total. The fourth-order valence-electron chi connectivity index (χ4n) is 3.12. The minimum Gasteiger partial charge on any atom is -0.346 e. The van der Waals surface area contributed by atoms with E-state index in [1.54, 1.807) is 11.3 Å². The van der Waals surface area contributed by atoms with Gasteiger partial charge in [0.15, 0.2) is 5.69 Å². The second-order valence-electron chi connectivity index (χ2n) is 6.72. The van der Waals surface area contributed by atoms with Gasteiger partial charge in [0, 0.05) is 21.9 Å². The van der Waals surface area contributed by atoms with Gasteiger partial charge in [0.1, 0.15) is 0 Å². The molecule has 0 unspecified atom stereocenters. The molecule has 1 aliphatic heterocycles. The summed E-state index contributed by atoms with van der Waals surface area (Å²) in [6.45, 7) is 5.33. The zero-order chi connectivity index (χ0) is 17.4. The molecule has 0 saturated heterocycles. The Morgan fingerprint density at radius 3 is 2.84 bits per heavy atom. The van der Waals surface area contributed by atoms with Gasteiger partial charge in [0.2, 0.25) is 0 Å². The Bertz CT molecular complexity index is 911. The summed E-state index contributed by atoms with van der Waals surface area (Å²) in [6, 6.07) is 14.4. The maximum absolute atomic E-state index is 12.5. The first kappa shape index (κ1) is 16.1. The molecule has 3 heterocycles. The van der Waals surface area contributed by atoms with Crippen molar-refractivity contribution in [2.45, 2.75) is 32.5 Å². The van der Waals surface area contributed by atoms with Gasteiger partial charge in [-0.15, -0.1) is 11.3 Å². The number of carbonyl (C=O) groups is 1. The number of hydrogen-bond donors (Lipinski definition) is 3. The van der Waals surface area contributed by atoms with Gasteiger partial charge >= 0.3 is 0 Å². The number of rotatable bonds is 4. The lowest BCUT2D eigenvalue weighted by atomic mass is 10.0. The van der Waals surface area contributed by atoms with Crippen LogP contribution in [0.15, 0.2) is 42.5 Å². The van der Waals surface area contributed by atoms with Crippen LogP contribution in [-0.2, 0) is 18.6 Å². The van der Waals surface area contributed by atoms with Crippen molar-refractivity contribution in [3.05, 3.63) is 64.3 Å². The van der Waals surface area contributed by atoms with Crippen LogP contribution in [0, 0.1) is 0 Å². The molecule has 128 valence electrons. The largest absolute Gasteiger partial charge is 0.346 e. The standard InChI is InChI=1S/C19H20N4OS/c1-19(2)17-14(11-21-19)16(22-23-17)18(24)20-10-13-8-9-15(25-13)12-6-4-3-5-7-12/h3-9,21H,10-11H2,1-2H3,(H,20,24)(H,22,23). The van der Waals surface area contributed by atoms with Crippen molar-refractivity contribution < 1.29 is 4.79 Å². The zero-order valence-corrected chi connectivity index (χ0v) is 15.0. The minimum absolute atomic E-state index is 0.133. The summed E-state index contributed by atoms with van der Waals surface area (Å²) in [5.74, 6) is -0.133. The summed E-state index contributed by atoms with van der Waals surface area (Å²) in [4.78, 5) is 14.8. The Morgan fingerprint density at radius 2 is 2.04 bits per heavy atom. The Hall–Kier alpha value is -2.44. The van der Waals surface area contributed by atoms with Gasteiger partial charge in [-0.2, -0.15) is 5.10 Å². The first-order valence-electron chi connectivity index (χ1n) is 8.30. The molecular weight excluding hydrogens is 332 g/mol. The van der Waals surface area contributed by atoms with E-state index in [9.17, 15) is 4.79 Å². The van der Waals surface area contributed by atoms with Crippen molar-refractivity contribution in [1.82, 2.24) is 20.8 Å². The quantitative estimate of drug-likeness (QED) is 0.674. The van der Waals surface area contributed by atoms with Gasteiger partial charge in [0.05, 0.1) is 17.8 Å². The average molecular weight is 352 g/mol. The minimum atomic E-state index is -0.167. The van der Waals surface area contributed by atoms with Crippen LogP contribution < -0.4 is 10.6 Å². The topological polar surface area (TPSA) is 69.8 Å². The van der Waals surface area contributed by atoms with Crippen LogP contribution in [0.4, 0.5) is 0 Å². The lowest BCUT2D eigenvalue weighted by Gasteiger charge is -2.17. The number of aromatic nitrogens is 2. The van der Waals surface area contributed by atoms with Crippen LogP contribution >= 0.6 is 11.3 Å². The predicted octanol–water partition coefficient (Wildman–Crippen LogP) is 3.41. The molecule has 0 fully saturated rings. The number of H-pyrrole nitrogens is 1. The van der Waals surface area contributed by atoms with Crippen molar-refractivity contribution >= 4 is 17.2 Å². The number of hydrogen-bond acceptors (Lipinski definition) is 4. The van der Waals surface area contributed by atoms with Crippen molar-refractivity contribution in [3.8, 4) is 10.4 Å². The Labute approximate surface area is 150 Å². The third-order valence-corrected chi connectivity index (χ3v) is 5.69. The molecule has 1 amide bonds. The van der Waals surface area contributed by atoms with Crippen LogP contribution in [0.2, 0.25) is 0 Å². The van der Waals surface area contributed by atoms with Crippen molar-refractivity contribution in [3.63, 3.8) is 0 Å². The summed E-state index contributed by atoms with van der Waals surface area (Å²) in [6.07, 6.45) is 0. The second-order valence-corrected chi connectivity index (χ2v) is 7.89. The molecule has 6 heteroatoms. The Morgan fingerprint density at radius 1 is 1.24 bits per heavy atom. The Kier molecular flexibility index (Phi) is 3.94. The van der Waals surface area contributed by atoms with Gasteiger partial charge < -0.3 is 10.6 Å². The van der Waals surface area contributed by atoms with Crippen LogP contribution in [0.5, 0.6) is 0 Å². The van der Waals surface area contributed by atoms with Gasteiger partial charge in [-0.3, -0.25) is 9.89 Å². The Balaban J connectivity index is 1.44. The summed E-state index contributed by atoms with van der Waals surface area (Å²) < 4.78 is 0. The molecule has 0 saturated carbocycles. The van der Waals surface area contributed by atoms with Gasteiger partial charge in [-0.05, 0) is 31.5 Å². The highest BCUT2D eigenvalue weighted by atomic mass is 32.1. The number of nitrogens with one attached hydrogen (secondary N) is 3. The van der Waals surface area contributed by atoms with Crippen LogP contribution in [0.3, 0.4) is 0 Å². The third kappa shape index (κ3) is 2.99. The second kappa shape index (κ2) is 6.13. The van der Waals surface area contributed by atoms with Gasteiger partial charge in [0.25, 0.3) is 5.91 Å². The van der Waals surface area contributed by atoms with E-state index in [2.05, 4.69) is 58.9 Å². The van der Waals surface area contributed by atoms with Gasteiger partial charge in [-0.1, -0.05) is 30.3 Å². The number of amides is 1. The summed E-state index contributed by atoms with van der Waals surface area (Å²) in [7, 11) is 0. The smallest absolute Gasteiger partial charge is 0.272 e. The van der Waals surface area contributed by atoms with Crippen LogP contribution in [-0.4, -0.2) is 16.1 Å². The highest BCUT2D eigenvalue weighted by Gasteiger charge is 2.35. The van der Waals surface area contributed by atoms with E-state index in [0.29, 0.717) is 18.8 Å². The van der Waals surface area contributed by atoms with Crippen LogP contribution in [0.1, 0.15) is 40.5 Å². The fourth-order valence-corrected chi connectivity index (χ4v) is 4.07. The van der Waals surface area contributed by atoms with E-state index in [1.807, 2.05) is 18.2 Å². The maximum atomic E-state index is 12.5. The molecule has 2 aromatic heterocycles. The van der Waals surface area contributed by atoms with Crippen molar-refractivity contribution in [2.24, 2.45) is 0 Å². The molecule has 0 aliphatic carbocycles. The van der Waals surface area contributed by atoms with Crippen LogP contribution in [0.25, 0.3) is 10.4 Å². The summed E-state index contributed by atoms with van der Waals surface area (Å²) in [5.41, 5.74) is 3.49. The number of aromatic amines is 1. The van der Waals surface area contributed by atoms with Crippen molar-refractivity contribution in [1.29, 1.82) is 0 Å². The molecule has 0 bridgehead atoms. The number of nitrogens with zero attached hydrogens (tertiary/aromatic N) is 1. The molecular formula is C19H20N4OS. The van der Waals surface area contributed by atoms with E-state index in [1.165, 1.54) is 10.4 Å². The summed E-state index contributed by atoms with van der Waals surface area (Å²) >= 11 is 1.70. The number of fused-ring (bicyclic) bond motifs is 1. The first-order chi connectivity index (χ1) is 12.0. The van der Waals surface area contributed by atoms with E-state index in [4.69, 9.17) is 0 Å². The molecule has 25 heavy (non-hydrogen) atoms. The number of benzene rings is 1. The molecule has 1 aliphatic rings. The SMILES string of the molecule is CC1(C)NCc2c(C(=O)NCc3ccc(-c4ccccc4)s3)n[nH]c21. The molecule has 0 atom stereocenters. The van der Waals surface area contributed by atoms with E-state index in [0.717, 1.165) is 16.1 Å². The number of thiophene rings is 1. The average Bonchev–Trinajstić information content (AvgIpc) is 3.31. The predicted molar refractivity (Wildman–Crippen MR) is 99.4 cm³/mol. The molecule has 1 aromatic carbocycles. The van der Waals surface area contributed by atoms with Crippen molar-refractivity contribution in [2.75, 3.05) is 0 Å². The first-order valence-corrected chi connectivity index (χ1v) is 9.11. The third-order valence-electron chi connectivity index (χ3n) is 4.56. The highest BCUT2D eigenvalue weighted by Crippen LogP contribution is 2.31. The molecule has 4 rings (SSSR count). The maximum Gasteiger partial charge on any atom is 0.272 e. The van der Waals surface area contributed by atoms with E-state index < -0.39 is 0 Å². The molecule has 3 N–H and O–H groups in total. The van der Waals surface area contributed by atoms with Gasteiger partial charge in [-0.25, -0.2) is 0 Å². The van der Waals surface area contributed by atoms with E-state index >= 15 is 0 Å². The fraction of sp³-hybridized carbons (Fsp3) is 0.263. The highest BCUT2D eigenvalue weighted by molar-refractivity contribution is 7.15. The monoisotopic (exact) mass is 352 g/mol. The molecule has 0 spiro atoms. The molecule has 0 radical (unpaired) electrons. The lowest BCUT2D eigenvalue weighted by molar-refractivity contribution is 0.0945. The zero-order valence-electron chi connectivity index (χ0n) is 14.2. The van der Waals surface area contributed by atoms with E-state index in [-0.39, 0.29) is 11.4 Å². The number of carbonyl (C=O) groups excluding carboxylic acids is 1. The molecule has 3 aromatic rings.